The van der Waals surface area contributed by atoms with Gasteiger partial charge in [0.05, 0.1) is 0 Å². The van der Waals surface area contributed by atoms with Gasteiger partial charge in [-0.3, -0.25) is 0 Å². The van der Waals surface area contributed by atoms with Crippen LogP contribution in [0.25, 0.3) is 0 Å². The molecule has 0 aliphatic rings. The van der Waals surface area contributed by atoms with Gasteiger partial charge in [-0.05, 0) is 0 Å². The number of phosphoric acid groups is 1. The second-order valence-electron chi connectivity index (χ2n) is 0.513. The van der Waals surface area contributed by atoms with Gasteiger partial charge in [-0.1, -0.05) is 0 Å². The van der Waals surface area contributed by atoms with Crippen LogP contribution in [0.4, 0.5) is 0 Å². The van der Waals surface area contributed by atoms with Crippen LogP contribution in [0.1, 0.15) is 14.3 Å². The van der Waals surface area contributed by atoms with E-state index in [9.17, 15) is 0 Å². The number of hydrogen-bond donors (Lipinski definition) is 3. The van der Waals surface area contributed by atoms with Crippen molar-refractivity contribution >= 4 is 138 Å². The standard InChI is InChI=1S/Ca.4Mg.H3O4P.10H/c;;;;;1-5(2,3)4;;;;;;;;;;/h;;;;;(H3,1,2,3,4);;;;;;;;;;/q5*+2;;10*-1. The van der Waals surface area contributed by atoms with Crippen LogP contribution in [-0.2, 0) is 4.57 Å². The maximum atomic E-state index is 8.88. The Kier molecular flexibility index (Phi) is 69.9. The van der Waals surface area contributed by atoms with Crippen molar-refractivity contribution in [2.24, 2.45) is 0 Å². The average molecular weight is 245 g/mol. The molecule has 0 atom stereocenters. The fourth-order valence-electron chi connectivity index (χ4n) is 0. The van der Waals surface area contributed by atoms with Crippen molar-refractivity contribution in [1.29, 1.82) is 0 Å². The van der Waals surface area contributed by atoms with Crippen molar-refractivity contribution in [1.82, 2.24) is 0 Å². The Balaban J connectivity index is -0.000000000762. The van der Waals surface area contributed by atoms with E-state index in [1.807, 2.05) is 0 Å². The van der Waals surface area contributed by atoms with E-state index >= 15 is 0 Å². The van der Waals surface area contributed by atoms with Crippen molar-refractivity contribution in [3.8, 4) is 0 Å². The molecule has 3 N–H and O–H groups in total. The first kappa shape index (κ1) is 36.6. The molecule has 0 heterocycles. The summed E-state index contributed by atoms with van der Waals surface area (Å²) in [6, 6.07) is 0. The van der Waals surface area contributed by atoms with Gasteiger partial charge >= 0.3 is 138 Å². The van der Waals surface area contributed by atoms with Crippen molar-refractivity contribution in [2.45, 2.75) is 0 Å². The maximum Gasteiger partial charge on any atom is 2.00 e. The molecule has 10 heteroatoms. The molecular weight excluding hydrogens is 232 g/mol. The summed E-state index contributed by atoms with van der Waals surface area (Å²) < 4.78 is 8.88. The molecule has 0 aliphatic heterocycles. The summed E-state index contributed by atoms with van der Waals surface area (Å²) in [7, 11) is -4.64. The van der Waals surface area contributed by atoms with E-state index < -0.39 is 7.82 Å². The van der Waals surface area contributed by atoms with E-state index in [0.29, 0.717) is 0 Å². The van der Waals surface area contributed by atoms with Gasteiger partial charge in [-0.2, -0.15) is 0 Å². The van der Waals surface area contributed by atoms with E-state index in [0.717, 1.165) is 0 Å². The zero-order valence-electron chi connectivity index (χ0n) is 15.7. The molecule has 0 aromatic rings. The van der Waals surface area contributed by atoms with Crippen LogP contribution in [0.5, 0.6) is 0 Å². The first-order valence-electron chi connectivity index (χ1n) is 0.783. The van der Waals surface area contributed by atoms with Crippen molar-refractivity contribution in [3.05, 3.63) is 0 Å². The van der Waals surface area contributed by atoms with Gasteiger partial charge in [0.1, 0.15) is 0 Å². The van der Waals surface area contributed by atoms with Gasteiger partial charge in [-0.15, -0.1) is 0 Å². The predicted octanol–water partition coefficient (Wildman–Crippen LogP) is -1.71. The molecule has 0 saturated heterocycles. The van der Waals surface area contributed by atoms with Gasteiger partial charge in [0.25, 0.3) is 0 Å². The third kappa shape index (κ3) is 82.7. The third-order valence-corrected chi connectivity index (χ3v) is 0. The molecular formula is H13CaMg4O4P. The van der Waals surface area contributed by atoms with Gasteiger partial charge in [0.2, 0.25) is 0 Å². The third-order valence-electron chi connectivity index (χ3n) is 0. The fourth-order valence-corrected chi connectivity index (χ4v) is 0. The van der Waals surface area contributed by atoms with Crippen LogP contribution in [0.15, 0.2) is 0 Å². The monoisotopic (exact) mass is 244 g/mol. The molecule has 0 spiro atoms. The van der Waals surface area contributed by atoms with Gasteiger partial charge in [-0.25, -0.2) is 4.57 Å². The van der Waals surface area contributed by atoms with E-state index in [4.69, 9.17) is 19.2 Å². The molecule has 0 bridgehead atoms. The van der Waals surface area contributed by atoms with Crippen LogP contribution in [0.3, 0.4) is 0 Å². The molecule has 0 amide bonds. The normalized spacial score (nSPS) is 5.90. The predicted molar refractivity (Wildman–Crippen MR) is 54.2 cm³/mol. The first-order chi connectivity index (χ1) is 2.00. The molecule has 10 heavy (non-hydrogen) atoms. The molecule has 0 saturated carbocycles. The van der Waals surface area contributed by atoms with E-state index in [1.54, 1.807) is 0 Å². The van der Waals surface area contributed by atoms with Gasteiger partial charge in [0.15, 0.2) is 0 Å². The Hall–Kier alpha value is 4.43. The summed E-state index contributed by atoms with van der Waals surface area (Å²) in [4.78, 5) is 21.6. The second kappa shape index (κ2) is 19.1. The van der Waals surface area contributed by atoms with Crippen LogP contribution in [-0.4, -0.2) is 145 Å². The second-order valence-corrected chi connectivity index (χ2v) is 1.54. The molecule has 52 valence electrons. The minimum atomic E-state index is -4.64. The fraction of sp³-hybridized carbons (Fsp3) is 0. The van der Waals surface area contributed by atoms with Crippen LogP contribution >= 0.6 is 7.82 Å². The first-order valence-corrected chi connectivity index (χ1v) is 2.35. The van der Waals surface area contributed by atoms with Crippen LogP contribution < -0.4 is 0 Å². The summed E-state index contributed by atoms with van der Waals surface area (Å²) in [5.74, 6) is 0. The average Bonchev–Trinajstić information content (AvgIpc) is 0.722. The molecule has 0 aliphatic carbocycles. The molecule has 0 rings (SSSR count). The molecule has 0 unspecified atom stereocenters. The number of hydrogen-bond acceptors (Lipinski definition) is 1. The molecule has 0 fully saturated rings. The maximum absolute atomic E-state index is 8.88. The zero-order chi connectivity index (χ0) is 4.50. The molecule has 0 aromatic heterocycles. The quantitative estimate of drug-likeness (QED) is 0.351. The summed E-state index contributed by atoms with van der Waals surface area (Å²) in [5, 5.41) is 0. The largest absolute Gasteiger partial charge is 2.00 e. The van der Waals surface area contributed by atoms with Crippen LogP contribution in [0.2, 0.25) is 0 Å². The van der Waals surface area contributed by atoms with E-state index in [1.165, 1.54) is 0 Å². The topological polar surface area (TPSA) is 77.8 Å². The minimum Gasteiger partial charge on any atom is -1.00 e. The number of rotatable bonds is 0. The molecule has 4 nitrogen and oxygen atoms in total. The Morgan fingerprint density at radius 2 is 0.900 bits per heavy atom. The summed E-state index contributed by atoms with van der Waals surface area (Å²) in [5.41, 5.74) is 0. The van der Waals surface area contributed by atoms with Gasteiger partial charge < -0.3 is 28.9 Å². The van der Waals surface area contributed by atoms with Crippen molar-refractivity contribution in [2.75, 3.05) is 0 Å². The van der Waals surface area contributed by atoms with E-state index in [-0.39, 0.29) is 144 Å². The van der Waals surface area contributed by atoms with E-state index in [2.05, 4.69) is 0 Å². The van der Waals surface area contributed by atoms with Crippen LogP contribution in [0, 0.1) is 0 Å². The minimum absolute atomic E-state index is 0. The van der Waals surface area contributed by atoms with Crippen molar-refractivity contribution < 1.29 is 33.5 Å². The SMILES string of the molecule is O=P(O)(O)O.[Ca+2].[H-].[H-].[H-].[H-].[H-].[H-].[H-].[H-].[H-].[H-].[Mg+2].[Mg+2].[Mg+2].[Mg+2]. The smallest absolute Gasteiger partial charge is 1.00 e. The Labute approximate surface area is 168 Å². The zero-order valence-corrected chi connectivity index (χ0v) is 14.5. The summed E-state index contributed by atoms with van der Waals surface area (Å²) in [6.07, 6.45) is 0. The molecule has 0 radical (unpaired) electrons. The van der Waals surface area contributed by atoms with Crippen molar-refractivity contribution in [3.63, 3.8) is 0 Å². The Bertz CT molecular complexity index is 83.4. The Morgan fingerprint density at radius 1 is 0.900 bits per heavy atom. The molecule has 0 aromatic carbocycles. The summed E-state index contributed by atoms with van der Waals surface area (Å²) >= 11 is 0. The summed E-state index contributed by atoms with van der Waals surface area (Å²) in [6.45, 7) is 0. The van der Waals surface area contributed by atoms with Gasteiger partial charge in [0, 0.05) is 0 Å². The Morgan fingerprint density at radius 3 is 0.900 bits per heavy atom.